The highest BCUT2D eigenvalue weighted by molar-refractivity contribution is 5.49. The SMILES string of the molecule is N#Cc1ccc(NC/C=C/CN)c(F)c1. The molecule has 0 bridgehead atoms. The third-order valence-electron chi connectivity index (χ3n) is 1.81. The number of halogens is 1. The molecule has 0 aliphatic heterocycles. The zero-order valence-electron chi connectivity index (χ0n) is 8.20. The number of hydrogen-bond acceptors (Lipinski definition) is 3. The first-order valence-corrected chi connectivity index (χ1v) is 4.56. The number of nitriles is 1. The number of hydrogen-bond donors (Lipinski definition) is 2. The van der Waals surface area contributed by atoms with Gasteiger partial charge in [-0.2, -0.15) is 5.26 Å². The predicted octanol–water partition coefficient (Wildman–Crippen LogP) is 1.62. The van der Waals surface area contributed by atoms with Crippen molar-refractivity contribution in [3.8, 4) is 6.07 Å². The van der Waals surface area contributed by atoms with E-state index in [-0.39, 0.29) is 0 Å². The Labute approximate surface area is 88.0 Å². The standard InChI is InChI=1S/C11H12FN3/c12-10-7-9(8-14)3-4-11(10)15-6-2-1-5-13/h1-4,7,15H,5-6,13H2/b2-1+. The first-order valence-electron chi connectivity index (χ1n) is 4.56. The minimum absolute atomic E-state index is 0.315. The summed E-state index contributed by atoms with van der Waals surface area (Å²) in [6.07, 6.45) is 3.60. The number of nitrogens with zero attached hydrogens (tertiary/aromatic N) is 1. The van der Waals surface area contributed by atoms with Crippen molar-refractivity contribution in [2.45, 2.75) is 0 Å². The van der Waals surface area contributed by atoms with Gasteiger partial charge < -0.3 is 11.1 Å². The Kier molecular flexibility index (Phi) is 4.32. The van der Waals surface area contributed by atoms with Crippen LogP contribution in [0.2, 0.25) is 0 Å². The largest absolute Gasteiger partial charge is 0.379 e. The maximum Gasteiger partial charge on any atom is 0.147 e. The van der Waals surface area contributed by atoms with Gasteiger partial charge in [-0.3, -0.25) is 0 Å². The van der Waals surface area contributed by atoms with Crippen LogP contribution < -0.4 is 11.1 Å². The van der Waals surface area contributed by atoms with E-state index in [1.165, 1.54) is 6.07 Å². The molecule has 0 saturated heterocycles. The van der Waals surface area contributed by atoms with Gasteiger partial charge in [-0.05, 0) is 18.2 Å². The molecular weight excluding hydrogens is 193 g/mol. The molecule has 0 aliphatic rings. The molecule has 0 fully saturated rings. The van der Waals surface area contributed by atoms with Gasteiger partial charge in [-0.25, -0.2) is 4.39 Å². The molecule has 0 heterocycles. The van der Waals surface area contributed by atoms with Gasteiger partial charge in [0, 0.05) is 13.1 Å². The van der Waals surface area contributed by atoms with Gasteiger partial charge in [-0.1, -0.05) is 12.2 Å². The van der Waals surface area contributed by atoms with E-state index in [1.54, 1.807) is 18.2 Å². The second-order valence-electron chi connectivity index (χ2n) is 2.89. The Balaban J connectivity index is 2.63. The summed E-state index contributed by atoms with van der Waals surface area (Å²) in [6.45, 7) is 0.984. The van der Waals surface area contributed by atoms with Crippen molar-refractivity contribution in [1.29, 1.82) is 5.26 Å². The van der Waals surface area contributed by atoms with E-state index < -0.39 is 5.82 Å². The van der Waals surface area contributed by atoms with Gasteiger partial charge in [0.1, 0.15) is 5.82 Å². The molecule has 3 N–H and O–H groups in total. The molecule has 0 radical (unpaired) electrons. The summed E-state index contributed by atoms with van der Waals surface area (Å²) in [5.41, 5.74) is 5.95. The Hall–Kier alpha value is -1.86. The molecule has 78 valence electrons. The maximum atomic E-state index is 13.3. The van der Waals surface area contributed by atoms with Crippen molar-refractivity contribution in [1.82, 2.24) is 0 Å². The van der Waals surface area contributed by atoms with Gasteiger partial charge in [0.2, 0.25) is 0 Å². The molecule has 0 aromatic heterocycles. The molecule has 4 heteroatoms. The van der Waals surface area contributed by atoms with E-state index in [9.17, 15) is 4.39 Å². The van der Waals surface area contributed by atoms with Crippen LogP contribution in [-0.2, 0) is 0 Å². The van der Waals surface area contributed by atoms with Crippen molar-refractivity contribution in [3.05, 3.63) is 41.7 Å². The van der Waals surface area contributed by atoms with E-state index in [0.29, 0.717) is 24.3 Å². The van der Waals surface area contributed by atoms with Crippen molar-refractivity contribution in [2.75, 3.05) is 18.4 Å². The van der Waals surface area contributed by atoms with Crippen LogP contribution in [0.25, 0.3) is 0 Å². The Morgan fingerprint density at radius 2 is 2.27 bits per heavy atom. The van der Waals surface area contributed by atoms with Crippen LogP contribution in [0.1, 0.15) is 5.56 Å². The van der Waals surface area contributed by atoms with Crippen LogP contribution in [0, 0.1) is 17.1 Å². The van der Waals surface area contributed by atoms with Crippen LogP contribution in [0.5, 0.6) is 0 Å². The molecule has 0 saturated carbocycles. The molecule has 0 amide bonds. The molecule has 1 rings (SSSR count). The van der Waals surface area contributed by atoms with Crippen LogP contribution in [0.15, 0.2) is 30.4 Å². The fourth-order valence-corrected chi connectivity index (χ4v) is 1.08. The molecular formula is C11H12FN3. The van der Waals surface area contributed by atoms with Crippen LogP contribution in [0.4, 0.5) is 10.1 Å². The Bertz CT molecular complexity index is 393. The quantitative estimate of drug-likeness (QED) is 0.734. The van der Waals surface area contributed by atoms with Gasteiger partial charge in [0.25, 0.3) is 0 Å². The average molecular weight is 205 g/mol. The molecule has 0 spiro atoms. The van der Waals surface area contributed by atoms with Gasteiger partial charge >= 0.3 is 0 Å². The van der Waals surface area contributed by atoms with E-state index in [1.807, 2.05) is 12.1 Å². The van der Waals surface area contributed by atoms with E-state index >= 15 is 0 Å². The zero-order valence-corrected chi connectivity index (χ0v) is 8.20. The second kappa shape index (κ2) is 5.78. The lowest BCUT2D eigenvalue weighted by atomic mass is 10.2. The van der Waals surface area contributed by atoms with E-state index in [4.69, 9.17) is 11.0 Å². The lowest BCUT2D eigenvalue weighted by Gasteiger charge is -2.04. The van der Waals surface area contributed by atoms with Crippen molar-refractivity contribution < 1.29 is 4.39 Å². The summed E-state index contributed by atoms with van der Waals surface area (Å²) in [4.78, 5) is 0. The number of anilines is 1. The van der Waals surface area contributed by atoms with E-state index in [2.05, 4.69) is 5.32 Å². The molecule has 1 aromatic carbocycles. The second-order valence-corrected chi connectivity index (χ2v) is 2.89. The third-order valence-corrected chi connectivity index (χ3v) is 1.81. The van der Waals surface area contributed by atoms with Crippen molar-refractivity contribution in [2.24, 2.45) is 5.73 Å². The maximum absolute atomic E-state index is 13.3. The van der Waals surface area contributed by atoms with Gasteiger partial charge in [-0.15, -0.1) is 0 Å². The minimum atomic E-state index is -0.421. The number of benzene rings is 1. The number of nitrogens with two attached hydrogens (primary N) is 1. The van der Waals surface area contributed by atoms with Crippen LogP contribution in [0.3, 0.4) is 0 Å². The van der Waals surface area contributed by atoms with Crippen molar-refractivity contribution in [3.63, 3.8) is 0 Å². The highest BCUT2D eigenvalue weighted by Gasteiger charge is 2.01. The predicted molar refractivity (Wildman–Crippen MR) is 57.8 cm³/mol. The number of rotatable bonds is 4. The minimum Gasteiger partial charge on any atom is -0.379 e. The Morgan fingerprint density at radius 3 is 2.87 bits per heavy atom. The molecule has 0 aliphatic carbocycles. The van der Waals surface area contributed by atoms with Crippen molar-refractivity contribution >= 4 is 5.69 Å². The monoisotopic (exact) mass is 205 g/mol. The zero-order chi connectivity index (χ0) is 11.1. The molecule has 15 heavy (non-hydrogen) atoms. The highest BCUT2D eigenvalue weighted by atomic mass is 19.1. The fourth-order valence-electron chi connectivity index (χ4n) is 1.08. The normalized spacial score (nSPS) is 10.2. The van der Waals surface area contributed by atoms with Crippen LogP contribution in [-0.4, -0.2) is 13.1 Å². The average Bonchev–Trinajstić information content (AvgIpc) is 2.26. The summed E-state index contributed by atoms with van der Waals surface area (Å²) in [5, 5.41) is 11.4. The smallest absolute Gasteiger partial charge is 0.147 e. The number of nitrogens with one attached hydrogen (secondary N) is 1. The van der Waals surface area contributed by atoms with E-state index in [0.717, 1.165) is 0 Å². The summed E-state index contributed by atoms with van der Waals surface area (Å²) >= 11 is 0. The third kappa shape index (κ3) is 3.41. The first kappa shape index (κ1) is 11.2. The molecule has 0 unspecified atom stereocenters. The van der Waals surface area contributed by atoms with Crippen LogP contribution >= 0.6 is 0 Å². The lowest BCUT2D eigenvalue weighted by molar-refractivity contribution is 0.630. The fraction of sp³-hybridized carbons (Fsp3) is 0.182. The summed E-state index contributed by atoms with van der Waals surface area (Å²) in [6, 6.07) is 6.19. The first-order chi connectivity index (χ1) is 7.27. The molecule has 3 nitrogen and oxygen atoms in total. The summed E-state index contributed by atoms with van der Waals surface area (Å²) in [7, 11) is 0. The Morgan fingerprint density at radius 1 is 1.47 bits per heavy atom. The lowest BCUT2D eigenvalue weighted by Crippen LogP contribution is -2.02. The summed E-state index contributed by atoms with van der Waals surface area (Å²) in [5.74, 6) is -0.421. The van der Waals surface area contributed by atoms with Gasteiger partial charge in [0.05, 0.1) is 17.3 Å². The summed E-state index contributed by atoms with van der Waals surface area (Å²) < 4.78 is 13.3. The molecule has 0 atom stereocenters. The van der Waals surface area contributed by atoms with Gasteiger partial charge in [0.15, 0.2) is 0 Å². The topological polar surface area (TPSA) is 61.8 Å². The molecule has 1 aromatic rings. The highest BCUT2D eigenvalue weighted by Crippen LogP contribution is 2.14.